The summed E-state index contributed by atoms with van der Waals surface area (Å²) in [5.74, 6) is 1.85. The second kappa shape index (κ2) is 10.3. The molecule has 12 heteroatoms. The van der Waals surface area contributed by atoms with E-state index in [0.717, 1.165) is 48.7 Å². The number of hydrogen-bond donors (Lipinski definition) is 2. The van der Waals surface area contributed by atoms with Crippen molar-refractivity contribution in [1.29, 1.82) is 0 Å². The largest absolute Gasteiger partial charge is 0.496 e. The Kier molecular flexibility index (Phi) is 7.01. The second-order valence-electron chi connectivity index (χ2n) is 9.93. The molecular formula is C26H34N8O3S. The Bertz CT molecular complexity index is 1550. The van der Waals surface area contributed by atoms with Gasteiger partial charge in [0.2, 0.25) is 14.9 Å². The summed E-state index contributed by atoms with van der Waals surface area (Å²) in [6, 6.07) is 8.14. The third kappa shape index (κ3) is 5.05. The number of nitrogens with zero attached hydrogens (tertiary/aromatic N) is 6. The SMILES string of the molecule is COc1cc(N2CCN(C)CC2)ccc1Cc1nc(Nc2cn(C)nc2S(=O)(=O)C(C)C)c2[nH]ccc2n1. The molecule has 202 valence electrons. The Morgan fingerprint density at radius 1 is 1.11 bits per heavy atom. The van der Waals surface area contributed by atoms with E-state index in [9.17, 15) is 8.42 Å². The number of sulfone groups is 1. The monoisotopic (exact) mass is 538 g/mol. The number of H-pyrrole nitrogens is 1. The van der Waals surface area contributed by atoms with Crippen molar-refractivity contribution in [2.75, 3.05) is 50.6 Å². The van der Waals surface area contributed by atoms with Gasteiger partial charge < -0.3 is 24.8 Å². The van der Waals surface area contributed by atoms with E-state index in [1.54, 1.807) is 40.4 Å². The van der Waals surface area contributed by atoms with E-state index in [1.807, 2.05) is 6.07 Å². The molecular weight excluding hydrogens is 504 g/mol. The highest BCUT2D eigenvalue weighted by Gasteiger charge is 2.27. The summed E-state index contributed by atoms with van der Waals surface area (Å²) < 4.78 is 33.1. The summed E-state index contributed by atoms with van der Waals surface area (Å²) in [6.07, 6.45) is 3.88. The number of hydrogen-bond acceptors (Lipinski definition) is 9. The summed E-state index contributed by atoms with van der Waals surface area (Å²) in [6.45, 7) is 7.29. The molecule has 0 radical (unpaired) electrons. The van der Waals surface area contributed by atoms with Crippen molar-refractivity contribution in [2.45, 2.75) is 30.5 Å². The highest BCUT2D eigenvalue weighted by atomic mass is 32.2. The van der Waals surface area contributed by atoms with Crippen LogP contribution in [0.3, 0.4) is 0 Å². The third-order valence-electron chi connectivity index (χ3n) is 6.88. The van der Waals surface area contributed by atoms with Gasteiger partial charge >= 0.3 is 0 Å². The third-order valence-corrected chi connectivity index (χ3v) is 8.96. The lowest BCUT2D eigenvalue weighted by Crippen LogP contribution is -2.44. The summed E-state index contributed by atoms with van der Waals surface area (Å²) in [7, 11) is 1.91. The van der Waals surface area contributed by atoms with Crippen molar-refractivity contribution in [3.05, 3.63) is 48.0 Å². The van der Waals surface area contributed by atoms with Gasteiger partial charge in [0.1, 0.15) is 17.1 Å². The van der Waals surface area contributed by atoms with Crippen LogP contribution in [0, 0.1) is 0 Å². The van der Waals surface area contributed by atoms with Crippen molar-refractivity contribution in [3.63, 3.8) is 0 Å². The number of aryl methyl sites for hydroxylation is 1. The first-order valence-corrected chi connectivity index (χ1v) is 14.2. The number of nitrogens with one attached hydrogen (secondary N) is 2. The maximum atomic E-state index is 12.9. The van der Waals surface area contributed by atoms with E-state index in [0.29, 0.717) is 29.3 Å². The zero-order chi connectivity index (χ0) is 27.0. The molecule has 11 nitrogen and oxygen atoms in total. The summed E-state index contributed by atoms with van der Waals surface area (Å²) in [5, 5.41) is 6.82. The standard InChI is InChI=1S/C26H34N8O3S/c1-17(2)38(35,36)26-21(16-33(4)31-26)29-25-24-20(8-9-27-24)28-23(30-25)14-18-6-7-19(15-22(18)37-5)34-12-10-32(3)11-13-34/h6-9,15-17,27H,10-14H2,1-5H3,(H,28,29,30). The van der Waals surface area contributed by atoms with Gasteiger partial charge in [0.25, 0.3) is 0 Å². The topological polar surface area (TPSA) is 121 Å². The number of likely N-dealkylation sites (N-methyl/N-ethyl adjacent to an activating group) is 1. The number of aromatic nitrogens is 5. The van der Waals surface area contributed by atoms with Crippen molar-refractivity contribution < 1.29 is 13.2 Å². The fourth-order valence-electron chi connectivity index (χ4n) is 4.59. The minimum Gasteiger partial charge on any atom is -0.496 e. The first-order chi connectivity index (χ1) is 18.2. The van der Waals surface area contributed by atoms with Gasteiger partial charge in [0.05, 0.1) is 23.6 Å². The molecule has 4 aromatic rings. The van der Waals surface area contributed by atoms with Crippen LogP contribution in [0.2, 0.25) is 0 Å². The first kappa shape index (κ1) is 26.0. The fourth-order valence-corrected chi connectivity index (χ4v) is 5.69. The Morgan fingerprint density at radius 2 is 1.87 bits per heavy atom. The molecule has 3 aromatic heterocycles. The van der Waals surface area contributed by atoms with Crippen LogP contribution in [0.15, 0.2) is 41.7 Å². The molecule has 0 saturated carbocycles. The number of benzene rings is 1. The number of ether oxygens (including phenoxy) is 1. The minimum atomic E-state index is -3.60. The molecule has 0 atom stereocenters. The van der Waals surface area contributed by atoms with Gasteiger partial charge in [-0.2, -0.15) is 5.10 Å². The molecule has 0 unspecified atom stereocenters. The van der Waals surface area contributed by atoms with Crippen molar-refractivity contribution in [1.82, 2.24) is 29.6 Å². The highest BCUT2D eigenvalue weighted by Crippen LogP contribution is 2.31. The normalized spacial score (nSPS) is 14.9. The molecule has 5 rings (SSSR count). The maximum absolute atomic E-state index is 12.9. The van der Waals surface area contributed by atoms with Crippen molar-refractivity contribution in [2.24, 2.45) is 7.05 Å². The number of piperazine rings is 1. The number of aromatic amines is 1. The predicted molar refractivity (Wildman–Crippen MR) is 148 cm³/mol. The lowest BCUT2D eigenvalue weighted by Gasteiger charge is -2.34. The zero-order valence-electron chi connectivity index (χ0n) is 22.4. The molecule has 1 fully saturated rings. The number of anilines is 3. The number of fused-ring (bicyclic) bond motifs is 1. The molecule has 4 heterocycles. The van der Waals surface area contributed by atoms with Gasteiger partial charge in [-0.1, -0.05) is 6.07 Å². The predicted octanol–water partition coefficient (Wildman–Crippen LogP) is 2.97. The molecule has 1 aromatic carbocycles. The minimum absolute atomic E-state index is 0.00367. The Balaban J connectivity index is 1.46. The zero-order valence-corrected chi connectivity index (χ0v) is 23.2. The fraction of sp³-hybridized carbons (Fsp3) is 0.423. The van der Waals surface area contributed by atoms with E-state index in [2.05, 4.69) is 50.4 Å². The molecule has 1 saturated heterocycles. The van der Waals surface area contributed by atoms with Crippen LogP contribution in [-0.4, -0.2) is 83.6 Å². The molecule has 1 aliphatic heterocycles. The van der Waals surface area contributed by atoms with Gasteiger partial charge in [0.15, 0.2) is 5.82 Å². The lowest BCUT2D eigenvalue weighted by atomic mass is 10.1. The average Bonchev–Trinajstić information content (AvgIpc) is 3.51. The molecule has 2 N–H and O–H groups in total. The Morgan fingerprint density at radius 3 is 2.58 bits per heavy atom. The van der Waals surface area contributed by atoms with E-state index >= 15 is 0 Å². The average molecular weight is 539 g/mol. The van der Waals surface area contributed by atoms with Gasteiger partial charge in [-0.25, -0.2) is 18.4 Å². The van der Waals surface area contributed by atoms with E-state index in [-0.39, 0.29) is 5.03 Å². The molecule has 0 spiro atoms. The lowest BCUT2D eigenvalue weighted by molar-refractivity contribution is 0.312. The molecule has 1 aliphatic rings. The first-order valence-electron chi connectivity index (χ1n) is 12.6. The second-order valence-corrected chi connectivity index (χ2v) is 12.3. The smallest absolute Gasteiger partial charge is 0.201 e. The van der Waals surface area contributed by atoms with Crippen LogP contribution < -0.4 is 15.0 Å². The summed E-state index contributed by atoms with van der Waals surface area (Å²) in [4.78, 5) is 17.4. The Hall–Kier alpha value is -3.64. The molecule has 0 amide bonds. The highest BCUT2D eigenvalue weighted by molar-refractivity contribution is 7.92. The van der Waals surface area contributed by atoms with Gasteiger partial charge in [-0.3, -0.25) is 4.68 Å². The van der Waals surface area contributed by atoms with Crippen LogP contribution in [0.25, 0.3) is 11.0 Å². The molecule has 0 aliphatic carbocycles. The van der Waals surface area contributed by atoms with Gasteiger partial charge in [0, 0.05) is 69.4 Å². The van der Waals surface area contributed by atoms with Crippen LogP contribution in [0.5, 0.6) is 5.75 Å². The van der Waals surface area contributed by atoms with Crippen LogP contribution in [0.4, 0.5) is 17.2 Å². The van der Waals surface area contributed by atoms with E-state index < -0.39 is 15.1 Å². The van der Waals surface area contributed by atoms with E-state index in [4.69, 9.17) is 14.7 Å². The number of methoxy groups -OCH3 is 1. The van der Waals surface area contributed by atoms with Crippen LogP contribution in [0.1, 0.15) is 25.2 Å². The van der Waals surface area contributed by atoms with E-state index in [1.165, 1.54) is 4.68 Å². The Labute approximate surface area is 222 Å². The quantitative estimate of drug-likeness (QED) is 0.349. The molecule has 38 heavy (non-hydrogen) atoms. The summed E-state index contributed by atoms with van der Waals surface area (Å²) >= 11 is 0. The molecule has 0 bridgehead atoms. The number of rotatable bonds is 8. The van der Waals surface area contributed by atoms with Gasteiger partial charge in [-0.05, 0) is 33.0 Å². The van der Waals surface area contributed by atoms with Crippen LogP contribution >= 0.6 is 0 Å². The van der Waals surface area contributed by atoms with Gasteiger partial charge in [-0.15, -0.1) is 0 Å². The van der Waals surface area contributed by atoms with Crippen molar-refractivity contribution >= 4 is 38.1 Å². The van der Waals surface area contributed by atoms with Crippen LogP contribution in [-0.2, 0) is 23.3 Å². The maximum Gasteiger partial charge on any atom is 0.201 e. The van der Waals surface area contributed by atoms with Crippen molar-refractivity contribution in [3.8, 4) is 5.75 Å². The summed E-state index contributed by atoms with van der Waals surface area (Å²) in [5.41, 5.74) is 3.88.